The number of ether oxygens (including phenoxy) is 1. The molecule has 4 aromatic carbocycles. The van der Waals surface area contributed by atoms with E-state index in [9.17, 15) is 0 Å². The van der Waals surface area contributed by atoms with Crippen molar-refractivity contribution in [3.05, 3.63) is 130 Å². The van der Waals surface area contributed by atoms with Gasteiger partial charge in [0.25, 0.3) is 0 Å². The van der Waals surface area contributed by atoms with Crippen LogP contribution in [0.25, 0.3) is 44.4 Å². The number of fused-ring (bicyclic) bond motifs is 3. The fourth-order valence-corrected chi connectivity index (χ4v) is 7.87. The molecule has 0 radical (unpaired) electrons. The molecule has 0 spiro atoms. The molecular weight excluding hydrogens is 755 g/mol. The van der Waals surface area contributed by atoms with Gasteiger partial charge in [-0.05, 0) is 97.0 Å². The van der Waals surface area contributed by atoms with E-state index in [0.717, 1.165) is 56.7 Å². The summed E-state index contributed by atoms with van der Waals surface area (Å²) in [6.45, 7) is 26.7. The molecule has 0 aliphatic carbocycles. The van der Waals surface area contributed by atoms with E-state index in [4.69, 9.17) is 14.8 Å². The quantitative estimate of drug-likeness (QED) is 0.119. The van der Waals surface area contributed by atoms with Crippen molar-refractivity contribution in [1.29, 1.82) is 0 Å². The largest absolute Gasteiger partial charge is 2.00 e. The second kappa shape index (κ2) is 14.6. The van der Waals surface area contributed by atoms with Crippen molar-refractivity contribution in [3.63, 3.8) is 0 Å². The summed E-state index contributed by atoms with van der Waals surface area (Å²) in [6, 6.07) is 33.1. The first-order chi connectivity index (χ1) is 25.0. The topological polar surface area (TPSA) is 44.9 Å². The fraction of sp³-hybridized carbons (Fsp3) is 0.333. The number of aromatic nitrogens is 4. The van der Waals surface area contributed by atoms with Crippen LogP contribution in [0.1, 0.15) is 94.6 Å². The molecule has 3 aromatic heterocycles. The van der Waals surface area contributed by atoms with Gasteiger partial charge in [0, 0.05) is 34.2 Å². The molecule has 0 amide bonds. The van der Waals surface area contributed by atoms with E-state index in [-0.39, 0.29) is 31.3 Å². The summed E-state index contributed by atoms with van der Waals surface area (Å²) in [6.07, 6.45) is 2.91. The Hall–Kier alpha value is -4.50. The summed E-state index contributed by atoms with van der Waals surface area (Å²) in [5.41, 5.74) is 13.3. The molecule has 3 heterocycles. The molecular formula is C48H52N4OPd. The zero-order chi connectivity index (χ0) is 38.0. The van der Waals surface area contributed by atoms with Gasteiger partial charge in [0.05, 0.1) is 11.4 Å². The van der Waals surface area contributed by atoms with E-state index in [2.05, 4.69) is 171 Å². The van der Waals surface area contributed by atoms with Gasteiger partial charge in [-0.3, -0.25) is 4.68 Å². The number of pyridine rings is 1. The van der Waals surface area contributed by atoms with Crippen molar-refractivity contribution in [1.82, 2.24) is 19.3 Å². The Labute approximate surface area is 335 Å². The van der Waals surface area contributed by atoms with Gasteiger partial charge in [0.1, 0.15) is 5.82 Å². The molecule has 0 bridgehead atoms. The van der Waals surface area contributed by atoms with Crippen LogP contribution >= 0.6 is 0 Å². The van der Waals surface area contributed by atoms with Gasteiger partial charge in [-0.15, -0.1) is 41.3 Å². The van der Waals surface area contributed by atoms with Crippen LogP contribution in [0.4, 0.5) is 0 Å². The molecule has 0 N–H and O–H groups in total. The smallest absolute Gasteiger partial charge is 0.509 e. The number of rotatable bonds is 7. The Bertz CT molecular complexity index is 2480. The predicted octanol–water partition coefficient (Wildman–Crippen LogP) is 12.4. The Morgan fingerprint density at radius 3 is 2.11 bits per heavy atom. The molecule has 7 rings (SSSR count). The van der Waals surface area contributed by atoms with Crippen LogP contribution in [0.5, 0.6) is 11.5 Å². The van der Waals surface area contributed by atoms with E-state index < -0.39 is 0 Å². The molecule has 0 aliphatic heterocycles. The van der Waals surface area contributed by atoms with Gasteiger partial charge in [0.15, 0.2) is 0 Å². The van der Waals surface area contributed by atoms with E-state index in [1.54, 1.807) is 0 Å². The second-order valence-electron chi connectivity index (χ2n) is 17.3. The van der Waals surface area contributed by atoms with Crippen LogP contribution < -0.4 is 4.74 Å². The zero-order valence-electron chi connectivity index (χ0n) is 33.8. The van der Waals surface area contributed by atoms with E-state index in [0.29, 0.717) is 17.4 Å². The Morgan fingerprint density at radius 1 is 0.741 bits per heavy atom. The van der Waals surface area contributed by atoms with Crippen LogP contribution in [0.15, 0.2) is 79.0 Å². The second-order valence-corrected chi connectivity index (χ2v) is 17.3. The van der Waals surface area contributed by atoms with Gasteiger partial charge in [-0.2, -0.15) is 11.2 Å². The molecule has 6 heteroatoms. The number of aryl methyl sites for hydroxylation is 4. The fourth-order valence-electron chi connectivity index (χ4n) is 7.87. The summed E-state index contributed by atoms with van der Waals surface area (Å²) >= 11 is 0. The summed E-state index contributed by atoms with van der Waals surface area (Å²) in [7, 11) is 0. The first-order valence-electron chi connectivity index (χ1n) is 18.8. The maximum absolute atomic E-state index is 6.76. The summed E-state index contributed by atoms with van der Waals surface area (Å²) < 4.78 is 11.1. The van der Waals surface area contributed by atoms with Crippen LogP contribution in [0.3, 0.4) is 0 Å². The van der Waals surface area contributed by atoms with E-state index in [1.165, 1.54) is 33.4 Å². The van der Waals surface area contributed by atoms with Crippen LogP contribution in [0.2, 0.25) is 0 Å². The van der Waals surface area contributed by atoms with Crippen molar-refractivity contribution < 1.29 is 25.2 Å². The third kappa shape index (κ3) is 7.44. The van der Waals surface area contributed by atoms with Crippen LogP contribution in [-0.2, 0) is 37.7 Å². The van der Waals surface area contributed by atoms with Crippen LogP contribution in [-0.4, -0.2) is 19.3 Å². The number of hydrogen-bond acceptors (Lipinski definition) is 3. The first kappa shape index (κ1) is 39.2. The molecule has 0 saturated carbocycles. The molecule has 0 fully saturated rings. The normalized spacial score (nSPS) is 12.2. The average molecular weight is 807 g/mol. The molecule has 0 atom stereocenters. The Balaban J connectivity index is 0.00000497. The maximum Gasteiger partial charge on any atom is 2.00 e. The number of benzene rings is 4. The monoisotopic (exact) mass is 806 g/mol. The van der Waals surface area contributed by atoms with Gasteiger partial charge >= 0.3 is 20.4 Å². The molecule has 54 heavy (non-hydrogen) atoms. The number of nitrogens with zero attached hydrogens (tertiary/aromatic N) is 4. The SMILES string of the molecule is Cc1cc(C)c(-c2c(C)nn(-c3[c-]c(Oc4[c-]c5c(cc4)c4ccccc4n5-c4cc(CC(C)C)ccn4)cc(C(C)(C)C)c3)c2C(C)(C)C)c(C)c1.[Pd+2]. The molecule has 0 unspecified atom stereocenters. The number of para-hydroxylation sites is 1. The van der Waals surface area contributed by atoms with E-state index in [1.807, 2.05) is 12.3 Å². The summed E-state index contributed by atoms with van der Waals surface area (Å²) in [5, 5.41) is 7.51. The molecule has 280 valence electrons. The standard InChI is InChI=1S/C48H52N4O.Pd/c1-29(2)21-34-19-20-49-43(24-34)51-41-16-14-13-15-39(41)40-18-17-37(28-42(40)51)53-38-26-35(47(7,8)9)25-36(27-38)52-46(48(10,11)12)45(33(6)50-52)44-31(4)22-30(3)23-32(44)5;/h13-20,22-26,29H,21H2,1-12H3;/q-2;+2. The van der Waals surface area contributed by atoms with Crippen molar-refractivity contribution in [2.45, 2.75) is 100 Å². The zero-order valence-corrected chi connectivity index (χ0v) is 35.4. The van der Waals surface area contributed by atoms with Gasteiger partial charge < -0.3 is 9.30 Å². The minimum Gasteiger partial charge on any atom is -0.509 e. The maximum atomic E-state index is 6.76. The first-order valence-corrected chi connectivity index (χ1v) is 18.8. The Kier molecular flexibility index (Phi) is 10.6. The van der Waals surface area contributed by atoms with Crippen molar-refractivity contribution >= 4 is 21.8 Å². The summed E-state index contributed by atoms with van der Waals surface area (Å²) in [5.74, 6) is 2.67. The molecule has 5 nitrogen and oxygen atoms in total. The Morgan fingerprint density at radius 2 is 1.44 bits per heavy atom. The third-order valence-corrected chi connectivity index (χ3v) is 10.1. The van der Waals surface area contributed by atoms with Gasteiger partial charge in [-0.25, -0.2) is 4.98 Å². The van der Waals surface area contributed by atoms with Gasteiger partial charge in [0.2, 0.25) is 0 Å². The number of hydrogen-bond donors (Lipinski definition) is 0. The summed E-state index contributed by atoms with van der Waals surface area (Å²) in [4.78, 5) is 4.85. The predicted molar refractivity (Wildman–Crippen MR) is 220 cm³/mol. The van der Waals surface area contributed by atoms with Crippen molar-refractivity contribution in [2.24, 2.45) is 5.92 Å². The van der Waals surface area contributed by atoms with Crippen molar-refractivity contribution in [3.8, 4) is 34.1 Å². The molecule has 0 saturated heterocycles. The van der Waals surface area contributed by atoms with Gasteiger partial charge in [-0.1, -0.05) is 96.8 Å². The minimum atomic E-state index is -0.209. The minimum absolute atomic E-state index is 0. The van der Waals surface area contributed by atoms with Crippen LogP contribution in [0, 0.1) is 45.7 Å². The molecule has 7 aromatic rings. The van der Waals surface area contributed by atoms with Crippen molar-refractivity contribution in [2.75, 3.05) is 0 Å². The average Bonchev–Trinajstić information content (AvgIpc) is 3.58. The third-order valence-electron chi connectivity index (χ3n) is 10.1. The van der Waals surface area contributed by atoms with E-state index >= 15 is 0 Å². The molecule has 0 aliphatic rings.